The van der Waals surface area contributed by atoms with E-state index in [2.05, 4.69) is 10.6 Å². The normalized spacial score (nSPS) is 17.8. The Balaban J connectivity index is 1.74. The highest BCUT2D eigenvalue weighted by Gasteiger charge is 2.49. The molecule has 0 unspecified atom stereocenters. The molecule has 1 fully saturated rings. The smallest absolute Gasteiger partial charge is 0.407 e. The van der Waals surface area contributed by atoms with Crippen LogP contribution < -0.4 is 10.6 Å². The highest BCUT2D eigenvalue weighted by atomic mass is 35.5. The van der Waals surface area contributed by atoms with Gasteiger partial charge < -0.3 is 25.4 Å². The maximum Gasteiger partial charge on any atom is 0.407 e. The number of benzene rings is 2. The van der Waals surface area contributed by atoms with Gasteiger partial charge in [-0.1, -0.05) is 54.6 Å². The van der Waals surface area contributed by atoms with Crippen LogP contribution in [0.1, 0.15) is 43.4 Å². The third-order valence-electron chi connectivity index (χ3n) is 6.79. The van der Waals surface area contributed by atoms with Crippen molar-refractivity contribution in [1.82, 2.24) is 15.5 Å². The third-order valence-corrected chi connectivity index (χ3v) is 8.43. The molecule has 3 N–H and O–H groups in total. The number of aryl methyl sites for hydroxylation is 1. The largest absolute Gasteiger partial charge is 0.450 e. The number of aliphatic hydroxyl groups is 1. The third kappa shape index (κ3) is 8.62. The first-order chi connectivity index (χ1) is 18.6. The quantitative estimate of drug-likeness (QED) is 0.261. The molecule has 0 spiro atoms. The number of aliphatic hydroxyl groups excluding tert-OH is 1. The maximum absolute atomic E-state index is 13.7. The maximum atomic E-state index is 13.7. The molecule has 1 aliphatic heterocycles. The van der Waals surface area contributed by atoms with Crippen LogP contribution in [0.4, 0.5) is 4.79 Å². The molecule has 1 aliphatic rings. The Morgan fingerprint density at radius 3 is 2.51 bits per heavy atom. The van der Waals surface area contributed by atoms with Gasteiger partial charge in [0.25, 0.3) is 5.91 Å². The molecule has 3 atom stereocenters. The second kappa shape index (κ2) is 14.6. The van der Waals surface area contributed by atoms with E-state index in [1.807, 2.05) is 75.4 Å². The summed E-state index contributed by atoms with van der Waals surface area (Å²) in [4.78, 5) is 41.0. The molecule has 2 aromatic carbocycles. The lowest BCUT2D eigenvalue weighted by atomic mass is 9.97. The minimum Gasteiger partial charge on any atom is -0.450 e. The number of ether oxygens (including phenoxy) is 1. The van der Waals surface area contributed by atoms with Gasteiger partial charge in [-0.2, -0.15) is 0 Å². The van der Waals surface area contributed by atoms with Gasteiger partial charge in [0, 0.05) is 17.2 Å². The van der Waals surface area contributed by atoms with Crippen molar-refractivity contribution in [1.29, 1.82) is 0 Å². The van der Waals surface area contributed by atoms with Crippen molar-refractivity contribution in [3.8, 4) is 0 Å². The first-order valence-electron chi connectivity index (χ1n) is 13.1. The lowest BCUT2D eigenvalue weighted by Gasteiger charge is -2.33. The molecule has 8 nitrogen and oxygen atoms in total. The van der Waals surface area contributed by atoms with Crippen LogP contribution in [0.25, 0.3) is 0 Å². The van der Waals surface area contributed by atoms with Gasteiger partial charge in [0.05, 0.1) is 18.5 Å². The molecule has 10 heteroatoms. The molecule has 0 radical (unpaired) electrons. The minimum atomic E-state index is -1.58. The summed E-state index contributed by atoms with van der Waals surface area (Å²) in [5.41, 5.74) is 2.88. The predicted molar refractivity (Wildman–Crippen MR) is 155 cm³/mol. The SMILES string of the molecule is Cc1ccccc1CNC(=O)[C@H]1N(C(=O)[C@@H](O)[C@H](Cc2ccccc2)NC(=O)OCCCCCl)CSC1(C)C. The van der Waals surface area contributed by atoms with Crippen LogP contribution in [-0.2, 0) is 27.3 Å². The van der Waals surface area contributed by atoms with E-state index in [-0.39, 0.29) is 24.8 Å². The molecule has 0 aromatic heterocycles. The zero-order chi connectivity index (χ0) is 28.4. The van der Waals surface area contributed by atoms with Gasteiger partial charge in [-0.25, -0.2) is 4.79 Å². The standard InChI is InChI=1S/C29H38ClN3O5S/c1-20-11-7-8-14-22(20)18-31-26(35)25-29(2,3)39-19-33(25)27(36)24(34)23(17-21-12-5-4-6-13-21)32-28(37)38-16-10-9-15-30/h4-8,11-14,23-25,34H,9-10,15-19H2,1-3H3,(H,31,35)(H,32,37)/t23-,24-,25+/m0/s1. The number of alkyl halides is 1. The second-order valence-electron chi connectivity index (χ2n) is 10.1. The summed E-state index contributed by atoms with van der Waals surface area (Å²) in [5.74, 6) is -0.196. The van der Waals surface area contributed by atoms with Gasteiger partial charge in [-0.05, 0) is 56.7 Å². The van der Waals surface area contributed by atoms with Crippen LogP contribution in [0.2, 0.25) is 0 Å². The number of nitrogens with one attached hydrogen (secondary N) is 2. The molecule has 0 bridgehead atoms. The summed E-state index contributed by atoms with van der Waals surface area (Å²) in [7, 11) is 0. The Hall–Kier alpha value is -2.75. The molecule has 2 aromatic rings. The van der Waals surface area contributed by atoms with Gasteiger partial charge in [-0.3, -0.25) is 9.59 Å². The Bertz CT molecular complexity index is 1120. The number of hydrogen-bond acceptors (Lipinski definition) is 6. The average Bonchev–Trinajstić information content (AvgIpc) is 3.24. The van der Waals surface area contributed by atoms with Gasteiger partial charge in [0.15, 0.2) is 6.10 Å². The Labute approximate surface area is 239 Å². The summed E-state index contributed by atoms with van der Waals surface area (Å²) in [6.07, 6.45) is -0.776. The fourth-order valence-electron chi connectivity index (χ4n) is 4.51. The Kier molecular flexibility index (Phi) is 11.5. The minimum absolute atomic E-state index is 0.181. The number of rotatable bonds is 12. The molecule has 3 rings (SSSR count). The van der Waals surface area contributed by atoms with Crippen LogP contribution in [0.3, 0.4) is 0 Å². The van der Waals surface area contributed by atoms with Crippen molar-refractivity contribution in [2.24, 2.45) is 0 Å². The van der Waals surface area contributed by atoms with Gasteiger partial charge >= 0.3 is 6.09 Å². The number of nitrogens with zero attached hydrogens (tertiary/aromatic N) is 1. The Morgan fingerprint density at radius 1 is 1.13 bits per heavy atom. The van der Waals surface area contributed by atoms with Gasteiger partial charge in [0.1, 0.15) is 6.04 Å². The number of amides is 3. The van der Waals surface area contributed by atoms with Crippen molar-refractivity contribution in [3.63, 3.8) is 0 Å². The highest BCUT2D eigenvalue weighted by Crippen LogP contribution is 2.40. The molecule has 0 saturated carbocycles. The Morgan fingerprint density at radius 2 is 1.82 bits per heavy atom. The summed E-state index contributed by atoms with van der Waals surface area (Å²) in [6, 6.07) is 15.3. The molecule has 1 heterocycles. The van der Waals surface area contributed by atoms with E-state index >= 15 is 0 Å². The van der Waals surface area contributed by atoms with E-state index in [1.165, 1.54) is 16.7 Å². The van der Waals surface area contributed by atoms with Crippen molar-refractivity contribution in [3.05, 3.63) is 71.3 Å². The summed E-state index contributed by atoms with van der Waals surface area (Å²) < 4.78 is 4.66. The van der Waals surface area contributed by atoms with E-state index in [1.54, 1.807) is 0 Å². The first-order valence-corrected chi connectivity index (χ1v) is 14.6. The van der Waals surface area contributed by atoms with Crippen molar-refractivity contribution in [2.75, 3.05) is 18.4 Å². The van der Waals surface area contributed by atoms with Crippen molar-refractivity contribution >= 4 is 41.3 Å². The molecule has 0 aliphatic carbocycles. The van der Waals surface area contributed by atoms with Gasteiger partial charge in [-0.15, -0.1) is 23.4 Å². The van der Waals surface area contributed by atoms with Crippen molar-refractivity contribution < 1.29 is 24.2 Å². The average molecular weight is 576 g/mol. The number of carbonyl (C=O) groups excluding carboxylic acids is 3. The summed E-state index contributed by atoms with van der Waals surface area (Å²) in [5, 5.41) is 16.9. The lowest BCUT2D eigenvalue weighted by Crippen LogP contribution is -2.58. The number of hydrogen-bond donors (Lipinski definition) is 3. The number of alkyl carbamates (subject to hydrolysis) is 1. The van der Waals surface area contributed by atoms with Crippen molar-refractivity contribution in [2.45, 2.75) is 69.5 Å². The first kappa shape index (κ1) is 30.8. The highest BCUT2D eigenvalue weighted by molar-refractivity contribution is 8.00. The van der Waals surface area contributed by atoms with E-state index in [4.69, 9.17) is 16.3 Å². The molecular formula is C29H38ClN3O5S. The van der Waals surface area contributed by atoms with E-state index in [9.17, 15) is 19.5 Å². The molecule has 1 saturated heterocycles. The van der Waals surface area contributed by atoms with Crippen LogP contribution in [0.15, 0.2) is 54.6 Å². The number of carbonyl (C=O) groups is 3. The summed E-state index contributed by atoms with van der Waals surface area (Å²) in [6.45, 7) is 6.31. The number of halogens is 1. The number of unbranched alkanes of at least 4 members (excludes halogenated alkanes) is 1. The summed E-state index contributed by atoms with van der Waals surface area (Å²) >= 11 is 7.15. The van der Waals surface area contributed by atoms with Crippen LogP contribution in [-0.4, -0.2) is 69.2 Å². The number of thioether (sulfide) groups is 1. The topological polar surface area (TPSA) is 108 Å². The van der Waals surface area contributed by atoms with E-state index in [0.29, 0.717) is 25.3 Å². The van der Waals surface area contributed by atoms with Gasteiger partial charge in [0.2, 0.25) is 5.91 Å². The molecule has 3 amide bonds. The van der Waals surface area contributed by atoms with E-state index < -0.39 is 34.9 Å². The molecule has 39 heavy (non-hydrogen) atoms. The molecule has 212 valence electrons. The lowest BCUT2D eigenvalue weighted by molar-refractivity contribution is -0.147. The van der Waals surface area contributed by atoms with Crippen LogP contribution >= 0.6 is 23.4 Å². The zero-order valence-corrected chi connectivity index (χ0v) is 24.3. The zero-order valence-electron chi connectivity index (χ0n) is 22.7. The predicted octanol–water partition coefficient (Wildman–Crippen LogP) is 4.01. The fourth-order valence-corrected chi connectivity index (χ4v) is 5.84. The molecular weight excluding hydrogens is 538 g/mol. The van der Waals surface area contributed by atoms with E-state index in [0.717, 1.165) is 16.7 Å². The second-order valence-corrected chi connectivity index (χ2v) is 12.1. The fraction of sp³-hybridized carbons (Fsp3) is 0.483. The van der Waals surface area contributed by atoms with Crippen LogP contribution in [0, 0.1) is 6.92 Å². The monoisotopic (exact) mass is 575 g/mol. The van der Waals surface area contributed by atoms with Crippen LogP contribution in [0.5, 0.6) is 0 Å².